The largest absolute Gasteiger partial charge is 0.490 e. The summed E-state index contributed by atoms with van der Waals surface area (Å²) in [7, 11) is 0. The molecule has 3 rings (SSSR count). The molecule has 0 aromatic heterocycles. The van der Waals surface area contributed by atoms with Gasteiger partial charge in [0.1, 0.15) is 0 Å². The molecule has 7 heteroatoms. The van der Waals surface area contributed by atoms with E-state index in [4.69, 9.17) is 14.6 Å². The first-order valence-corrected chi connectivity index (χ1v) is 9.79. The van der Waals surface area contributed by atoms with Crippen molar-refractivity contribution >= 4 is 29.4 Å². The predicted octanol–water partition coefficient (Wildman–Crippen LogP) is 4.38. The number of aromatic carboxylic acids is 1. The summed E-state index contributed by atoms with van der Waals surface area (Å²) in [5.74, 6) is -0.00328. The number of hydrogen-bond donors (Lipinski definition) is 1. The zero-order chi connectivity index (χ0) is 21.7. The average Bonchev–Trinajstić information content (AvgIpc) is 3.02. The van der Waals surface area contributed by atoms with Crippen LogP contribution in [0.2, 0.25) is 0 Å². The predicted molar refractivity (Wildman–Crippen MR) is 115 cm³/mol. The molecule has 0 unspecified atom stereocenters. The first kappa shape index (κ1) is 21.1. The van der Waals surface area contributed by atoms with Crippen LogP contribution in [0.25, 0.3) is 6.08 Å². The van der Waals surface area contributed by atoms with E-state index in [1.807, 2.05) is 32.0 Å². The van der Waals surface area contributed by atoms with Crippen molar-refractivity contribution in [2.45, 2.75) is 27.2 Å². The number of nitrogens with zero attached hydrogens (tertiary/aromatic N) is 2. The number of hydrogen-bond acceptors (Lipinski definition) is 5. The van der Waals surface area contributed by atoms with Crippen molar-refractivity contribution in [3.8, 4) is 11.5 Å². The van der Waals surface area contributed by atoms with E-state index in [0.717, 1.165) is 12.0 Å². The second-order valence-electron chi connectivity index (χ2n) is 6.70. The summed E-state index contributed by atoms with van der Waals surface area (Å²) in [4.78, 5) is 24.0. The number of anilines is 1. The minimum absolute atomic E-state index is 0.149. The lowest BCUT2D eigenvalue weighted by molar-refractivity contribution is -0.114. The maximum atomic E-state index is 12.9. The molecule has 2 aromatic rings. The molecular weight excluding hydrogens is 384 g/mol. The summed E-state index contributed by atoms with van der Waals surface area (Å²) in [5, 5.41) is 14.6. The van der Waals surface area contributed by atoms with Gasteiger partial charge in [-0.25, -0.2) is 4.79 Å². The van der Waals surface area contributed by atoms with E-state index >= 15 is 0 Å². The quantitative estimate of drug-likeness (QED) is 0.655. The zero-order valence-electron chi connectivity index (χ0n) is 17.2. The second-order valence-corrected chi connectivity index (χ2v) is 6.70. The van der Waals surface area contributed by atoms with E-state index in [2.05, 4.69) is 5.10 Å². The fourth-order valence-electron chi connectivity index (χ4n) is 2.99. The van der Waals surface area contributed by atoms with Gasteiger partial charge in [-0.15, -0.1) is 0 Å². The van der Waals surface area contributed by atoms with Crippen LogP contribution in [0.5, 0.6) is 11.5 Å². The van der Waals surface area contributed by atoms with Gasteiger partial charge < -0.3 is 14.6 Å². The van der Waals surface area contributed by atoms with Crippen molar-refractivity contribution in [3.63, 3.8) is 0 Å². The van der Waals surface area contributed by atoms with Crippen molar-refractivity contribution in [1.82, 2.24) is 0 Å². The first-order chi connectivity index (χ1) is 14.4. The molecule has 0 saturated heterocycles. The number of hydrazone groups is 1. The second kappa shape index (κ2) is 9.26. The maximum Gasteiger partial charge on any atom is 0.335 e. The third-order valence-electron chi connectivity index (χ3n) is 4.46. The van der Waals surface area contributed by atoms with Crippen LogP contribution in [-0.4, -0.2) is 35.9 Å². The molecule has 0 spiro atoms. The van der Waals surface area contributed by atoms with Gasteiger partial charge in [0.2, 0.25) is 0 Å². The van der Waals surface area contributed by atoms with Gasteiger partial charge in [0.05, 0.1) is 35.7 Å². The Morgan fingerprint density at radius 3 is 2.47 bits per heavy atom. The smallest absolute Gasteiger partial charge is 0.335 e. The molecule has 1 N–H and O–H groups in total. The number of carboxylic acid groups (broad SMARTS) is 1. The molecule has 0 bridgehead atoms. The Labute approximate surface area is 175 Å². The SMILES string of the molecule is CCCOc1ccc(/C=C2\C(=O)N(c3ccc(C(=O)O)cc3)N=C2C)cc1OCC. The molecule has 1 aliphatic rings. The van der Waals surface area contributed by atoms with E-state index in [1.54, 1.807) is 25.1 Å². The highest BCUT2D eigenvalue weighted by Crippen LogP contribution is 2.31. The molecule has 1 heterocycles. The number of ether oxygens (including phenoxy) is 2. The highest BCUT2D eigenvalue weighted by atomic mass is 16.5. The maximum absolute atomic E-state index is 12.9. The van der Waals surface area contributed by atoms with Crippen molar-refractivity contribution in [2.75, 3.05) is 18.2 Å². The monoisotopic (exact) mass is 408 g/mol. The lowest BCUT2D eigenvalue weighted by Gasteiger charge is -2.13. The van der Waals surface area contributed by atoms with Crippen molar-refractivity contribution in [3.05, 3.63) is 59.2 Å². The number of carboxylic acids is 1. The number of carbonyl (C=O) groups is 2. The summed E-state index contributed by atoms with van der Waals surface area (Å²) in [6.07, 6.45) is 2.66. The van der Waals surface area contributed by atoms with Crippen LogP contribution in [0, 0.1) is 0 Å². The molecule has 7 nitrogen and oxygen atoms in total. The Morgan fingerprint density at radius 1 is 1.10 bits per heavy atom. The number of carbonyl (C=O) groups excluding carboxylic acids is 1. The van der Waals surface area contributed by atoms with Gasteiger partial charge in [0, 0.05) is 0 Å². The minimum Gasteiger partial charge on any atom is -0.490 e. The fourth-order valence-corrected chi connectivity index (χ4v) is 2.99. The summed E-state index contributed by atoms with van der Waals surface area (Å²) in [6, 6.07) is 11.6. The van der Waals surface area contributed by atoms with Crippen LogP contribution < -0.4 is 14.5 Å². The molecule has 0 aliphatic carbocycles. The summed E-state index contributed by atoms with van der Waals surface area (Å²) < 4.78 is 11.4. The van der Waals surface area contributed by atoms with Crippen LogP contribution in [0.15, 0.2) is 53.1 Å². The van der Waals surface area contributed by atoms with Crippen LogP contribution >= 0.6 is 0 Å². The summed E-state index contributed by atoms with van der Waals surface area (Å²) >= 11 is 0. The standard InChI is InChI=1S/C23H24N2O5/c1-4-12-30-20-11-6-16(14-21(20)29-5-2)13-19-15(3)24-25(22(19)26)18-9-7-17(8-10-18)23(27)28/h6-11,13-14H,4-5,12H2,1-3H3,(H,27,28)/b19-13-. The Morgan fingerprint density at radius 2 is 1.83 bits per heavy atom. The summed E-state index contributed by atoms with van der Waals surface area (Å²) in [5.41, 5.74) is 2.48. The highest BCUT2D eigenvalue weighted by molar-refractivity contribution is 6.32. The van der Waals surface area contributed by atoms with Crippen LogP contribution in [-0.2, 0) is 4.79 Å². The average molecular weight is 408 g/mol. The molecule has 0 atom stereocenters. The molecule has 0 saturated carbocycles. The number of rotatable bonds is 8. The van der Waals surface area contributed by atoms with Gasteiger partial charge in [0.25, 0.3) is 5.91 Å². The molecule has 156 valence electrons. The molecule has 0 fully saturated rings. The summed E-state index contributed by atoms with van der Waals surface area (Å²) in [6.45, 7) is 6.80. The van der Waals surface area contributed by atoms with Gasteiger partial charge >= 0.3 is 5.97 Å². The van der Waals surface area contributed by atoms with Crippen molar-refractivity contribution in [1.29, 1.82) is 0 Å². The van der Waals surface area contributed by atoms with Crippen LogP contribution in [0.1, 0.15) is 43.1 Å². The van der Waals surface area contributed by atoms with E-state index in [-0.39, 0.29) is 11.5 Å². The van der Waals surface area contributed by atoms with Crippen LogP contribution in [0.3, 0.4) is 0 Å². The molecule has 1 aliphatic heterocycles. The minimum atomic E-state index is -1.02. The Bertz CT molecular complexity index is 1010. The Balaban J connectivity index is 1.87. The lowest BCUT2D eigenvalue weighted by atomic mass is 10.1. The molecule has 1 amide bonds. The molecular formula is C23H24N2O5. The lowest BCUT2D eigenvalue weighted by Crippen LogP contribution is -2.21. The molecule has 2 aromatic carbocycles. The third kappa shape index (κ3) is 4.51. The van der Waals surface area contributed by atoms with Crippen molar-refractivity contribution < 1.29 is 24.2 Å². The fraction of sp³-hybridized carbons (Fsp3) is 0.261. The Kier molecular flexibility index (Phi) is 6.51. The van der Waals surface area contributed by atoms with E-state index in [1.165, 1.54) is 17.1 Å². The highest BCUT2D eigenvalue weighted by Gasteiger charge is 2.28. The van der Waals surface area contributed by atoms with Gasteiger partial charge in [-0.3, -0.25) is 4.79 Å². The van der Waals surface area contributed by atoms with Gasteiger partial charge in [-0.2, -0.15) is 10.1 Å². The number of benzene rings is 2. The first-order valence-electron chi connectivity index (χ1n) is 9.79. The van der Waals surface area contributed by atoms with Gasteiger partial charge in [-0.05, 0) is 68.3 Å². The van der Waals surface area contributed by atoms with Crippen molar-refractivity contribution in [2.24, 2.45) is 5.10 Å². The normalized spacial score (nSPS) is 14.8. The molecule has 30 heavy (non-hydrogen) atoms. The van der Waals surface area contributed by atoms with E-state index < -0.39 is 5.97 Å². The topological polar surface area (TPSA) is 88.4 Å². The van der Waals surface area contributed by atoms with Crippen LogP contribution in [0.4, 0.5) is 5.69 Å². The van der Waals surface area contributed by atoms with E-state index in [0.29, 0.717) is 41.7 Å². The van der Waals surface area contributed by atoms with Gasteiger partial charge in [-0.1, -0.05) is 13.0 Å². The third-order valence-corrected chi connectivity index (χ3v) is 4.46. The van der Waals surface area contributed by atoms with Gasteiger partial charge in [0.15, 0.2) is 11.5 Å². The Hall–Kier alpha value is -3.61. The molecule has 0 radical (unpaired) electrons. The van der Waals surface area contributed by atoms with E-state index in [9.17, 15) is 9.59 Å². The number of amides is 1. The zero-order valence-corrected chi connectivity index (χ0v) is 17.2.